The fourth-order valence-corrected chi connectivity index (χ4v) is 6.72. The van der Waals surface area contributed by atoms with Crippen molar-refractivity contribution >= 4 is 17.2 Å². The second-order valence-electron chi connectivity index (χ2n) is 9.91. The molecule has 1 fully saturated rings. The van der Waals surface area contributed by atoms with Crippen molar-refractivity contribution in [2.45, 2.75) is 58.2 Å². The molecule has 1 unspecified atom stereocenters. The molecular formula is C30H36N2O. The third-order valence-electron chi connectivity index (χ3n) is 8.26. The number of nitrogens with zero attached hydrogens (tertiary/aromatic N) is 2. The molecule has 1 saturated heterocycles. The first-order valence-electron chi connectivity index (χ1n) is 12.7. The summed E-state index contributed by atoms with van der Waals surface area (Å²) in [5, 5.41) is 1.37. The van der Waals surface area contributed by atoms with Crippen molar-refractivity contribution in [3.05, 3.63) is 83.6 Å². The second kappa shape index (κ2) is 9.30. The van der Waals surface area contributed by atoms with E-state index in [0.29, 0.717) is 17.9 Å². The van der Waals surface area contributed by atoms with E-state index in [9.17, 15) is 4.79 Å². The number of fused-ring (bicyclic) bond motifs is 6. The number of rotatable bonds is 7. The van der Waals surface area contributed by atoms with Gasteiger partial charge >= 0.3 is 0 Å². The molecular weight excluding hydrogens is 404 g/mol. The molecule has 0 saturated carbocycles. The Balaban J connectivity index is 1.63. The maximum absolute atomic E-state index is 12.7. The number of aldehydes is 1. The summed E-state index contributed by atoms with van der Waals surface area (Å²) in [7, 11) is 2.23. The smallest absolute Gasteiger partial charge is 0.124 e. The van der Waals surface area contributed by atoms with Crippen LogP contribution in [-0.4, -0.2) is 21.8 Å². The summed E-state index contributed by atoms with van der Waals surface area (Å²) in [6.07, 6.45) is 10.1. The first kappa shape index (κ1) is 22.2. The summed E-state index contributed by atoms with van der Waals surface area (Å²) in [5.41, 5.74) is 5.57. The first-order chi connectivity index (χ1) is 16.2. The van der Waals surface area contributed by atoms with Crippen LogP contribution in [0.5, 0.6) is 0 Å². The number of aryl methyl sites for hydroxylation is 1. The topological polar surface area (TPSA) is 25.2 Å². The minimum atomic E-state index is 0.0588. The van der Waals surface area contributed by atoms with Crippen LogP contribution in [-0.2, 0) is 24.8 Å². The third kappa shape index (κ3) is 3.77. The molecule has 5 atom stereocenters. The summed E-state index contributed by atoms with van der Waals surface area (Å²) in [6.45, 7) is 5.37. The molecule has 3 nitrogen and oxygen atoms in total. The molecule has 5 rings (SSSR count). The fraction of sp³-hybridized carbons (Fsp3) is 0.433. The van der Waals surface area contributed by atoms with Gasteiger partial charge in [0, 0.05) is 42.1 Å². The molecule has 0 radical (unpaired) electrons. The number of carbonyl (C=O) groups excluding carboxylic acids is 1. The minimum absolute atomic E-state index is 0.0588. The van der Waals surface area contributed by atoms with Crippen molar-refractivity contribution in [3.63, 3.8) is 0 Å². The van der Waals surface area contributed by atoms with Crippen LogP contribution < -0.4 is 0 Å². The van der Waals surface area contributed by atoms with Crippen LogP contribution in [0.1, 0.15) is 56.0 Å². The SMILES string of the molecule is CC/C=C/C(CC)[C@@H]1C[C@H]2c3c(c4ccccc4n3C)C[C@@H]([C@H]1C=O)N2Cc1ccccc1. The Morgan fingerprint density at radius 2 is 1.82 bits per heavy atom. The average Bonchev–Trinajstić information content (AvgIpc) is 3.12. The molecule has 2 aromatic carbocycles. The third-order valence-corrected chi connectivity index (χ3v) is 8.26. The number of benzene rings is 2. The summed E-state index contributed by atoms with van der Waals surface area (Å²) < 4.78 is 2.44. The van der Waals surface area contributed by atoms with Gasteiger partial charge in [-0.05, 0) is 54.7 Å². The molecule has 2 aliphatic rings. The maximum Gasteiger partial charge on any atom is 0.124 e. The van der Waals surface area contributed by atoms with Crippen LogP contribution in [0.15, 0.2) is 66.7 Å². The van der Waals surface area contributed by atoms with Crippen molar-refractivity contribution in [1.82, 2.24) is 9.47 Å². The highest BCUT2D eigenvalue weighted by molar-refractivity contribution is 5.86. The van der Waals surface area contributed by atoms with E-state index in [2.05, 4.69) is 97.1 Å². The molecule has 0 N–H and O–H groups in total. The van der Waals surface area contributed by atoms with Crippen LogP contribution >= 0.6 is 0 Å². The number of aromatic nitrogens is 1. The van der Waals surface area contributed by atoms with Gasteiger partial charge in [0.25, 0.3) is 0 Å². The molecule has 2 bridgehead atoms. The van der Waals surface area contributed by atoms with Crippen LogP contribution in [0.3, 0.4) is 0 Å². The zero-order valence-electron chi connectivity index (χ0n) is 20.2. The molecule has 0 spiro atoms. The van der Waals surface area contributed by atoms with Crippen LogP contribution in [0.2, 0.25) is 0 Å². The number of para-hydroxylation sites is 1. The van der Waals surface area contributed by atoms with Crippen molar-refractivity contribution in [3.8, 4) is 0 Å². The van der Waals surface area contributed by atoms with E-state index in [4.69, 9.17) is 0 Å². The van der Waals surface area contributed by atoms with E-state index < -0.39 is 0 Å². The zero-order valence-corrected chi connectivity index (χ0v) is 20.2. The zero-order chi connectivity index (χ0) is 22.9. The van der Waals surface area contributed by atoms with Crippen molar-refractivity contribution in [1.29, 1.82) is 0 Å². The number of allylic oxidation sites excluding steroid dienone is 2. The summed E-state index contributed by atoms with van der Waals surface area (Å²) in [6, 6.07) is 20.2. The van der Waals surface area contributed by atoms with Gasteiger partial charge in [-0.2, -0.15) is 0 Å². The number of hydrogen-bond donors (Lipinski definition) is 0. The Morgan fingerprint density at radius 1 is 1.06 bits per heavy atom. The second-order valence-corrected chi connectivity index (χ2v) is 9.91. The van der Waals surface area contributed by atoms with Gasteiger partial charge in [-0.15, -0.1) is 0 Å². The average molecular weight is 441 g/mol. The van der Waals surface area contributed by atoms with E-state index in [1.165, 1.54) is 34.0 Å². The molecule has 0 aliphatic carbocycles. The fourth-order valence-electron chi connectivity index (χ4n) is 6.72. The van der Waals surface area contributed by atoms with Gasteiger partial charge in [-0.1, -0.05) is 74.5 Å². The Labute approximate surface area is 198 Å². The largest absolute Gasteiger partial charge is 0.346 e. The van der Waals surface area contributed by atoms with E-state index in [1.54, 1.807) is 0 Å². The highest BCUT2D eigenvalue weighted by Crippen LogP contribution is 2.51. The number of carbonyl (C=O) groups is 1. The Bertz CT molecular complexity index is 1140. The van der Waals surface area contributed by atoms with Gasteiger partial charge in [0.2, 0.25) is 0 Å². The lowest BCUT2D eigenvalue weighted by molar-refractivity contribution is -0.122. The summed E-state index contributed by atoms with van der Waals surface area (Å²) in [5.74, 6) is 0.910. The molecule has 2 aliphatic heterocycles. The van der Waals surface area contributed by atoms with Gasteiger partial charge in [-0.25, -0.2) is 0 Å². The first-order valence-corrected chi connectivity index (χ1v) is 12.7. The Kier molecular flexibility index (Phi) is 6.25. The van der Waals surface area contributed by atoms with Gasteiger partial charge in [0.05, 0.1) is 6.04 Å². The monoisotopic (exact) mass is 440 g/mol. The van der Waals surface area contributed by atoms with E-state index in [1.807, 2.05) is 0 Å². The molecule has 3 aromatic rings. The Morgan fingerprint density at radius 3 is 2.55 bits per heavy atom. The highest BCUT2D eigenvalue weighted by Gasteiger charge is 2.49. The predicted octanol–water partition coefficient (Wildman–Crippen LogP) is 6.47. The molecule has 33 heavy (non-hydrogen) atoms. The molecule has 172 valence electrons. The van der Waals surface area contributed by atoms with Crippen LogP contribution in [0.4, 0.5) is 0 Å². The maximum atomic E-state index is 12.7. The molecule has 3 heteroatoms. The molecule has 3 heterocycles. The lowest BCUT2D eigenvalue weighted by Crippen LogP contribution is -2.55. The molecule has 0 amide bonds. The van der Waals surface area contributed by atoms with Crippen LogP contribution in [0, 0.1) is 17.8 Å². The van der Waals surface area contributed by atoms with Gasteiger partial charge in [-0.3, -0.25) is 4.90 Å². The normalized spacial score (nSPS) is 25.9. The number of piperidine rings is 1. The highest BCUT2D eigenvalue weighted by atomic mass is 16.1. The van der Waals surface area contributed by atoms with Crippen LogP contribution in [0.25, 0.3) is 10.9 Å². The van der Waals surface area contributed by atoms with Crippen molar-refractivity contribution in [2.24, 2.45) is 24.8 Å². The Hall–Kier alpha value is -2.65. The summed E-state index contributed by atoms with van der Waals surface area (Å²) in [4.78, 5) is 15.3. The van der Waals surface area contributed by atoms with Crippen molar-refractivity contribution in [2.75, 3.05) is 0 Å². The van der Waals surface area contributed by atoms with E-state index in [-0.39, 0.29) is 12.0 Å². The van der Waals surface area contributed by atoms with Gasteiger partial charge in [0.15, 0.2) is 0 Å². The van der Waals surface area contributed by atoms with E-state index in [0.717, 1.165) is 32.2 Å². The minimum Gasteiger partial charge on any atom is -0.346 e. The lowest BCUT2D eigenvalue weighted by Gasteiger charge is -2.53. The molecule has 1 aromatic heterocycles. The lowest BCUT2D eigenvalue weighted by atomic mass is 9.65. The van der Waals surface area contributed by atoms with Gasteiger partial charge in [0.1, 0.15) is 6.29 Å². The van der Waals surface area contributed by atoms with Gasteiger partial charge < -0.3 is 9.36 Å². The number of hydrogen-bond acceptors (Lipinski definition) is 2. The van der Waals surface area contributed by atoms with Crippen molar-refractivity contribution < 1.29 is 4.79 Å². The summed E-state index contributed by atoms with van der Waals surface area (Å²) >= 11 is 0. The van der Waals surface area contributed by atoms with E-state index >= 15 is 0 Å². The standard InChI is InChI=1S/C30H36N2O/c1-4-6-14-22(5-2)24-17-29-30-25(23-15-10-11-16-27(23)31(30)3)18-28(26(24)20-33)32(29)19-21-12-8-7-9-13-21/h6-16,20,22,24,26,28-29H,4-5,17-19H2,1-3H3/b14-6+/t22?,24-,26-,28-,29-/m0/s1. The quantitative estimate of drug-likeness (QED) is 0.311. The predicted molar refractivity (Wildman–Crippen MR) is 136 cm³/mol.